The van der Waals surface area contributed by atoms with Crippen molar-refractivity contribution in [2.24, 2.45) is 23.2 Å². The van der Waals surface area contributed by atoms with Crippen LogP contribution in [0.4, 0.5) is 0 Å². The minimum atomic E-state index is -0.313. The normalized spacial score (nSPS) is 46.2. The van der Waals surface area contributed by atoms with Gasteiger partial charge >= 0.3 is 23.1 Å². The third kappa shape index (κ3) is 1.73. The van der Waals surface area contributed by atoms with Crippen LogP contribution in [0.3, 0.4) is 0 Å². The van der Waals surface area contributed by atoms with E-state index in [2.05, 4.69) is 24.1 Å². The van der Waals surface area contributed by atoms with Gasteiger partial charge in [-0.3, -0.25) is 4.79 Å². The summed E-state index contributed by atoms with van der Waals surface area (Å²) < 4.78 is 11.8. The minimum absolute atomic E-state index is 0. The minimum Gasteiger partial charge on any atom is -1.00 e. The Morgan fingerprint density at radius 2 is 2.22 bits per heavy atom. The van der Waals surface area contributed by atoms with Gasteiger partial charge in [0.1, 0.15) is 5.76 Å². The van der Waals surface area contributed by atoms with E-state index in [9.17, 15) is 4.79 Å². The van der Waals surface area contributed by atoms with E-state index in [0.29, 0.717) is 23.8 Å². The predicted octanol–water partition coefficient (Wildman–Crippen LogP) is 1.74. The third-order valence-corrected chi connectivity index (χ3v) is 6.72. The molecule has 4 nitrogen and oxygen atoms in total. The van der Waals surface area contributed by atoms with Gasteiger partial charge in [-0.2, -0.15) is 0 Å². The zero-order valence-corrected chi connectivity index (χ0v) is 15.1. The molecule has 5 rings (SSSR count). The Bertz CT molecular complexity index is 665. The molecule has 2 aliphatic heterocycles. The Morgan fingerprint density at radius 3 is 3.00 bits per heavy atom. The molecule has 1 spiro atoms. The van der Waals surface area contributed by atoms with Crippen molar-refractivity contribution in [2.75, 3.05) is 20.7 Å². The molecule has 0 amide bonds. The Hall–Kier alpha value is -0.784. The zero-order valence-electron chi connectivity index (χ0n) is 15.7. The second kappa shape index (κ2) is 5.10. The molecule has 0 aromatic heterocycles. The van der Waals surface area contributed by atoms with E-state index in [-0.39, 0.29) is 43.2 Å². The van der Waals surface area contributed by atoms with E-state index in [1.54, 1.807) is 13.2 Å². The maximum Gasteiger partial charge on any atom is 2.00 e. The van der Waals surface area contributed by atoms with Crippen molar-refractivity contribution in [1.82, 2.24) is 4.90 Å². The summed E-state index contributed by atoms with van der Waals surface area (Å²) in [5.74, 6) is 3.07. The molecule has 2 saturated heterocycles. The number of hydrogen-bond donors (Lipinski definition) is 0. The molecule has 5 aliphatic rings. The van der Waals surface area contributed by atoms with E-state index in [4.69, 9.17) is 9.47 Å². The van der Waals surface area contributed by atoms with Gasteiger partial charge in [-0.1, -0.05) is 12.2 Å². The standard InChI is InChI=1S/C18H21NO3.Mg.2H/c1-19-8-7-18-11-4-5-13(20)17(18)22-16-14(21-2)6-3-10(15(16)18)9-12(11)19;;;/h3-6,10-12,15,17H,7-9H2,1-2H3;;;/q;+2;2*-1/t10?,11-,12+,15?,17-,18-;;;/m0.../s1. The Labute approximate surface area is 155 Å². The number of piperidine rings is 1. The van der Waals surface area contributed by atoms with Gasteiger partial charge in [-0.25, -0.2) is 0 Å². The molecule has 2 unspecified atom stereocenters. The first-order valence-corrected chi connectivity index (χ1v) is 8.22. The van der Waals surface area contributed by atoms with Crippen LogP contribution in [0.15, 0.2) is 35.8 Å². The smallest absolute Gasteiger partial charge is 1.00 e. The first kappa shape index (κ1) is 15.7. The number of nitrogens with zero attached hydrogens (tertiary/aromatic N) is 1. The van der Waals surface area contributed by atoms with Gasteiger partial charge in [-0.15, -0.1) is 0 Å². The van der Waals surface area contributed by atoms with Gasteiger partial charge in [0.05, 0.1) is 7.11 Å². The Morgan fingerprint density at radius 1 is 1.39 bits per heavy atom. The molecule has 5 heteroatoms. The van der Waals surface area contributed by atoms with Crippen LogP contribution >= 0.6 is 0 Å². The van der Waals surface area contributed by atoms with Crippen molar-refractivity contribution >= 4 is 28.8 Å². The number of carbonyl (C=O) groups is 1. The summed E-state index contributed by atoms with van der Waals surface area (Å²) in [6.45, 7) is 1.05. The summed E-state index contributed by atoms with van der Waals surface area (Å²) in [7, 11) is 3.91. The van der Waals surface area contributed by atoms with Gasteiger partial charge in [0.2, 0.25) is 0 Å². The van der Waals surface area contributed by atoms with Gasteiger partial charge in [0.15, 0.2) is 17.6 Å². The molecule has 0 N–H and O–H groups in total. The fourth-order valence-corrected chi connectivity index (χ4v) is 5.83. The van der Waals surface area contributed by atoms with Crippen molar-refractivity contribution < 1.29 is 17.1 Å². The number of ether oxygens (including phenoxy) is 2. The van der Waals surface area contributed by atoms with E-state index in [1.165, 1.54) is 0 Å². The molecule has 1 saturated carbocycles. The molecule has 2 heterocycles. The van der Waals surface area contributed by atoms with Crippen LogP contribution in [-0.2, 0) is 14.3 Å². The molecule has 3 fully saturated rings. The molecule has 120 valence electrons. The van der Waals surface area contributed by atoms with Crippen LogP contribution in [0.5, 0.6) is 0 Å². The summed E-state index contributed by atoms with van der Waals surface area (Å²) in [5, 5.41) is 0. The zero-order chi connectivity index (χ0) is 15.1. The summed E-state index contributed by atoms with van der Waals surface area (Å²) in [6, 6.07) is 0.513. The number of rotatable bonds is 1. The number of allylic oxidation sites excluding steroid dienone is 3. The molecule has 0 radical (unpaired) electrons. The summed E-state index contributed by atoms with van der Waals surface area (Å²) in [6.07, 6.45) is 10.1. The van der Waals surface area contributed by atoms with Crippen LogP contribution in [0.1, 0.15) is 15.7 Å². The molecular formula is C18H23MgNO3. The van der Waals surface area contributed by atoms with Crippen LogP contribution in [0.2, 0.25) is 0 Å². The van der Waals surface area contributed by atoms with Crippen molar-refractivity contribution in [2.45, 2.75) is 25.0 Å². The maximum absolute atomic E-state index is 12.6. The average Bonchev–Trinajstić information content (AvgIpc) is 2.88. The molecule has 23 heavy (non-hydrogen) atoms. The Kier molecular flexibility index (Phi) is 3.49. The second-order valence-electron chi connectivity index (χ2n) is 7.36. The topological polar surface area (TPSA) is 38.8 Å². The third-order valence-electron chi connectivity index (χ3n) is 6.72. The SMILES string of the molecule is COC1=C2O[C@H]3C(=O)C=C[C@H]4[C@H]5CC(C=C1)C2[C@@]34CCN5C.[H-].[H-].[Mg+2]. The Balaban J connectivity index is 0.000000751. The summed E-state index contributed by atoms with van der Waals surface area (Å²) in [4.78, 5) is 15.0. The number of methoxy groups -OCH3 is 1. The fourth-order valence-electron chi connectivity index (χ4n) is 5.83. The number of hydrogen-bond acceptors (Lipinski definition) is 4. The largest absolute Gasteiger partial charge is 2.00 e. The van der Waals surface area contributed by atoms with Crippen LogP contribution < -0.4 is 0 Å². The monoisotopic (exact) mass is 325 g/mol. The van der Waals surface area contributed by atoms with Crippen LogP contribution in [0.25, 0.3) is 0 Å². The predicted molar refractivity (Wildman–Crippen MR) is 88.7 cm³/mol. The first-order valence-electron chi connectivity index (χ1n) is 8.22. The fraction of sp³-hybridized carbons (Fsp3) is 0.611. The average molecular weight is 326 g/mol. The van der Waals surface area contributed by atoms with E-state index in [0.717, 1.165) is 30.9 Å². The van der Waals surface area contributed by atoms with Crippen molar-refractivity contribution in [3.8, 4) is 0 Å². The number of likely N-dealkylation sites (tertiary alicyclic amines) is 1. The second-order valence-corrected chi connectivity index (χ2v) is 7.36. The number of carbonyl (C=O) groups excluding carboxylic acids is 1. The van der Waals surface area contributed by atoms with Crippen molar-refractivity contribution in [1.29, 1.82) is 0 Å². The van der Waals surface area contributed by atoms with Crippen molar-refractivity contribution in [3.05, 3.63) is 35.8 Å². The molecule has 6 atom stereocenters. The van der Waals surface area contributed by atoms with Gasteiger partial charge in [-0.05, 0) is 44.5 Å². The summed E-state index contributed by atoms with van der Waals surface area (Å²) >= 11 is 0. The molecule has 3 aliphatic carbocycles. The number of ketones is 1. The van der Waals surface area contributed by atoms with Crippen LogP contribution in [-0.4, -0.2) is 66.6 Å². The van der Waals surface area contributed by atoms with Crippen LogP contribution in [0, 0.1) is 23.2 Å². The molecule has 0 aromatic rings. The van der Waals surface area contributed by atoms with E-state index >= 15 is 0 Å². The van der Waals surface area contributed by atoms with E-state index in [1.807, 2.05) is 6.08 Å². The molecule has 2 bridgehead atoms. The van der Waals surface area contributed by atoms with Crippen molar-refractivity contribution in [3.63, 3.8) is 0 Å². The van der Waals surface area contributed by atoms with Gasteiger partial charge < -0.3 is 17.2 Å². The van der Waals surface area contributed by atoms with E-state index < -0.39 is 0 Å². The summed E-state index contributed by atoms with van der Waals surface area (Å²) in [5.41, 5.74) is -0.0597. The maximum atomic E-state index is 12.6. The van der Waals surface area contributed by atoms with Gasteiger partial charge in [0.25, 0.3) is 0 Å². The quantitative estimate of drug-likeness (QED) is 0.688. The molecule has 0 aromatic carbocycles. The molecular weight excluding hydrogens is 303 g/mol. The van der Waals surface area contributed by atoms with Gasteiger partial charge in [0, 0.05) is 23.3 Å². The first-order chi connectivity index (χ1) is 10.7.